The van der Waals surface area contributed by atoms with Crippen molar-refractivity contribution in [3.05, 3.63) is 70.7 Å². The second kappa shape index (κ2) is 8.87. The van der Waals surface area contributed by atoms with Crippen LogP contribution in [0.1, 0.15) is 49.6 Å². The van der Waals surface area contributed by atoms with E-state index in [1.165, 1.54) is 18.2 Å². The van der Waals surface area contributed by atoms with E-state index in [1.54, 1.807) is 26.0 Å². The smallest absolute Gasteiger partial charge is 0.335 e. The van der Waals surface area contributed by atoms with Crippen molar-refractivity contribution in [2.45, 2.75) is 44.9 Å². The number of rotatable bonds is 3. The molecule has 1 aliphatic heterocycles. The number of anilines is 1. The number of nitrogens with one attached hydrogen (secondary N) is 1. The molecule has 2 aliphatic rings. The first kappa shape index (κ1) is 23.9. The Morgan fingerprint density at radius 3 is 2.46 bits per heavy atom. The minimum atomic E-state index is -4.75. The van der Waals surface area contributed by atoms with Crippen LogP contribution in [0.25, 0.3) is 0 Å². The Bertz CT molecular complexity index is 1280. The van der Waals surface area contributed by atoms with Crippen LogP contribution in [0, 0.1) is 11.3 Å². The van der Waals surface area contributed by atoms with Crippen molar-refractivity contribution in [3.8, 4) is 6.07 Å². The third-order valence-electron chi connectivity index (χ3n) is 5.68. The molecule has 180 valence electrons. The van der Waals surface area contributed by atoms with E-state index >= 15 is 0 Å². The van der Waals surface area contributed by atoms with E-state index in [1.807, 2.05) is 6.07 Å². The van der Waals surface area contributed by atoms with Crippen LogP contribution in [0.5, 0.6) is 0 Å². The summed E-state index contributed by atoms with van der Waals surface area (Å²) in [7, 11) is 0. The number of nitriles is 1. The minimum absolute atomic E-state index is 0.0398. The quantitative estimate of drug-likeness (QED) is 0.682. The number of aromatic nitrogens is 1. The van der Waals surface area contributed by atoms with Crippen molar-refractivity contribution in [1.29, 1.82) is 5.26 Å². The Morgan fingerprint density at radius 1 is 1.17 bits per heavy atom. The molecule has 0 bridgehead atoms. The summed E-state index contributed by atoms with van der Waals surface area (Å²) >= 11 is 0. The summed E-state index contributed by atoms with van der Waals surface area (Å²) in [5, 5.41) is 11.7. The van der Waals surface area contributed by atoms with Crippen LogP contribution in [0.3, 0.4) is 0 Å². The number of alkyl halides is 3. The van der Waals surface area contributed by atoms with Crippen LogP contribution < -0.4 is 10.2 Å². The summed E-state index contributed by atoms with van der Waals surface area (Å²) in [5.41, 5.74) is -0.203. The van der Waals surface area contributed by atoms with Crippen LogP contribution in [0.2, 0.25) is 0 Å². The number of imide groups is 1. The van der Waals surface area contributed by atoms with Gasteiger partial charge >= 0.3 is 18.2 Å². The lowest BCUT2D eigenvalue weighted by Crippen LogP contribution is -2.56. The number of hydrogen-bond donors (Lipinski definition) is 1. The van der Waals surface area contributed by atoms with Gasteiger partial charge in [-0.05, 0) is 50.1 Å². The van der Waals surface area contributed by atoms with E-state index in [2.05, 4.69) is 10.3 Å². The largest absolute Gasteiger partial charge is 0.433 e. The van der Waals surface area contributed by atoms with Crippen LogP contribution >= 0.6 is 0 Å². The number of allylic oxidation sites excluding steroid dienone is 1. The molecule has 35 heavy (non-hydrogen) atoms. The summed E-state index contributed by atoms with van der Waals surface area (Å²) in [5.74, 6) is -0.320. The summed E-state index contributed by atoms with van der Waals surface area (Å²) < 4.78 is 40.0. The molecule has 1 aliphatic carbocycles. The fourth-order valence-electron chi connectivity index (χ4n) is 4.22. The van der Waals surface area contributed by atoms with E-state index < -0.39 is 30.0 Å². The summed E-state index contributed by atoms with van der Waals surface area (Å²) in [6, 6.07) is 6.86. The van der Waals surface area contributed by atoms with Crippen molar-refractivity contribution < 1.29 is 27.6 Å². The zero-order valence-electron chi connectivity index (χ0n) is 18.8. The Morgan fingerprint density at radius 2 is 1.86 bits per heavy atom. The minimum Gasteiger partial charge on any atom is -0.335 e. The molecule has 1 aromatic carbocycles. The van der Waals surface area contributed by atoms with Crippen LogP contribution in [-0.2, 0) is 11.0 Å². The van der Waals surface area contributed by atoms with Gasteiger partial charge < -0.3 is 5.32 Å². The molecule has 11 heteroatoms. The number of carbonyl (C=O) groups excluding carboxylic acids is 3. The van der Waals surface area contributed by atoms with Gasteiger partial charge in [-0.3, -0.25) is 14.7 Å². The normalized spacial score (nSPS) is 18.1. The molecule has 4 amide bonds. The predicted molar refractivity (Wildman–Crippen MR) is 118 cm³/mol. The second-order valence-corrected chi connectivity index (χ2v) is 8.41. The number of benzene rings is 1. The first-order chi connectivity index (χ1) is 16.5. The predicted octanol–water partition coefficient (Wildman–Crippen LogP) is 4.69. The van der Waals surface area contributed by atoms with Gasteiger partial charge in [-0.25, -0.2) is 14.5 Å². The number of amides is 4. The van der Waals surface area contributed by atoms with Crippen molar-refractivity contribution >= 4 is 23.5 Å². The first-order valence-electron chi connectivity index (χ1n) is 10.8. The molecule has 0 saturated heterocycles. The molecular formula is C24H20F3N5O3. The highest BCUT2D eigenvalue weighted by Crippen LogP contribution is 2.45. The van der Waals surface area contributed by atoms with E-state index in [0.29, 0.717) is 17.2 Å². The number of pyridine rings is 1. The fourth-order valence-corrected chi connectivity index (χ4v) is 4.22. The van der Waals surface area contributed by atoms with Crippen molar-refractivity contribution in [3.63, 3.8) is 0 Å². The molecular weight excluding hydrogens is 463 g/mol. The lowest BCUT2D eigenvalue weighted by atomic mass is 9.92. The monoisotopic (exact) mass is 483 g/mol. The molecule has 0 radical (unpaired) electrons. The highest BCUT2D eigenvalue weighted by Gasteiger charge is 2.48. The number of urea groups is 2. The Hall–Kier alpha value is -4.20. The standard InChI is InChI=1S/C24H20F3N5O3/c1-13(2)30-22(34)32-21(15-5-3-14(12-28)4-6-15)20-17(7-8-18(20)33)31(23(32)35)16-9-10-29-19(11-16)24(25,26)27/h3-6,9-11,13,21H,7-8H2,1-2H3,(H,30,34). The summed E-state index contributed by atoms with van der Waals surface area (Å²) in [4.78, 5) is 45.2. The van der Waals surface area contributed by atoms with Gasteiger partial charge in [0.05, 0.1) is 23.4 Å². The van der Waals surface area contributed by atoms with Gasteiger partial charge in [-0.15, -0.1) is 0 Å². The lowest BCUT2D eigenvalue weighted by Gasteiger charge is -2.41. The molecule has 2 heterocycles. The highest BCUT2D eigenvalue weighted by molar-refractivity contribution is 6.12. The van der Waals surface area contributed by atoms with Gasteiger partial charge in [0.15, 0.2) is 5.78 Å². The van der Waals surface area contributed by atoms with E-state index in [-0.39, 0.29) is 41.6 Å². The van der Waals surface area contributed by atoms with Gasteiger partial charge in [0.1, 0.15) is 5.69 Å². The lowest BCUT2D eigenvalue weighted by molar-refractivity contribution is -0.141. The maximum atomic E-state index is 13.8. The Balaban J connectivity index is 1.93. The van der Waals surface area contributed by atoms with E-state index in [4.69, 9.17) is 5.26 Å². The topological polar surface area (TPSA) is 106 Å². The number of Topliss-reactive ketones (excluding diaryl/α,β-unsaturated/α-hetero) is 1. The molecule has 1 aromatic heterocycles. The molecule has 1 atom stereocenters. The highest BCUT2D eigenvalue weighted by atomic mass is 19.4. The average Bonchev–Trinajstić information content (AvgIpc) is 3.18. The zero-order valence-corrected chi connectivity index (χ0v) is 18.8. The number of hydrogen-bond acceptors (Lipinski definition) is 5. The van der Waals surface area contributed by atoms with Gasteiger partial charge in [-0.2, -0.15) is 18.4 Å². The molecule has 0 saturated carbocycles. The molecule has 1 unspecified atom stereocenters. The van der Waals surface area contributed by atoms with Gasteiger partial charge in [0, 0.05) is 29.9 Å². The molecule has 0 spiro atoms. The second-order valence-electron chi connectivity index (χ2n) is 8.41. The van der Waals surface area contributed by atoms with Crippen molar-refractivity contribution in [2.75, 3.05) is 4.90 Å². The first-order valence-corrected chi connectivity index (χ1v) is 10.8. The number of nitrogens with zero attached hydrogens (tertiary/aromatic N) is 4. The third-order valence-corrected chi connectivity index (χ3v) is 5.68. The Labute approximate surface area is 198 Å². The molecule has 0 fully saturated rings. The molecule has 8 nitrogen and oxygen atoms in total. The molecule has 4 rings (SSSR count). The fraction of sp³-hybridized carbons (Fsp3) is 0.292. The SMILES string of the molecule is CC(C)NC(=O)N1C(=O)N(c2ccnc(C(F)(F)F)c2)C2=C(C(=O)CC2)C1c1ccc(C#N)cc1. The van der Waals surface area contributed by atoms with Gasteiger partial charge in [0.2, 0.25) is 0 Å². The number of ketones is 1. The third kappa shape index (κ3) is 4.35. The maximum absolute atomic E-state index is 13.8. The van der Waals surface area contributed by atoms with Crippen LogP contribution in [0.15, 0.2) is 53.9 Å². The molecule has 1 N–H and O–H groups in total. The average molecular weight is 483 g/mol. The summed E-state index contributed by atoms with van der Waals surface area (Å²) in [6.45, 7) is 3.37. The Kier molecular flexibility index (Phi) is 6.06. The number of carbonyl (C=O) groups is 3. The van der Waals surface area contributed by atoms with Gasteiger partial charge in [-0.1, -0.05) is 12.1 Å². The van der Waals surface area contributed by atoms with E-state index in [9.17, 15) is 27.6 Å². The summed E-state index contributed by atoms with van der Waals surface area (Å²) in [6.07, 6.45) is -3.67. The zero-order chi connectivity index (χ0) is 25.5. The van der Waals surface area contributed by atoms with E-state index in [0.717, 1.165) is 16.0 Å². The van der Waals surface area contributed by atoms with Crippen LogP contribution in [-0.4, -0.2) is 33.8 Å². The van der Waals surface area contributed by atoms with Crippen molar-refractivity contribution in [2.24, 2.45) is 0 Å². The maximum Gasteiger partial charge on any atom is 0.433 e. The molecule has 2 aromatic rings. The van der Waals surface area contributed by atoms with Crippen LogP contribution in [0.4, 0.5) is 28.4 Å². The number of halogens is 3. The van der Waals surface area contributed by atoms with Gasteiger partial charge in [0.25, 0.3) is 0 Å². The van der Waals surface area contributed by atoms with Crippen molar-refractivity contribution in [1.82, 2.24) is 15.2 Å².